The van der Waals surface area contributed by atoms with Gasteiger partial charge in [-0.15, -0.1) is 0 Å². The molecule has 2 heteroatoms. The first-order valence-electron chi connectivity index (χ1n) is 4.20. The van der Waals surface area contributed by atoms with E-state index in [1.54, 1.807) is 7.11 Å². The maximum atomic E-state index is 5.14. The van der Waals surface area contributed by atoms with Crippen molar-refractivity contribution in [1.29, 1.82) is 0 Å². The molecule has 0 aliphatic rings. The van der Waals surface area contributed by atoms with E-state index in [1.807, 2.05) is 32.2 Å². The monoisotopic (exact) mass is 177 g/mol. The number of nitrogens with one attached hydrogen (secondary N) is 1. The summed E-state index contributed by atoms with van der Waals surface area (Å²) >= 11 is 0. The van der Waals surface area contributed by atoms with Crippen LogP contribution in [0.15, 0.2) is 24.8 Å². The fourth-order valence-electron chi connectivity index (χ4n) is 1.22. The molecule has 0 radical (unpaired) electrons. The zero-order valence-electron chi connectivity index (χ0n) is 8.35. The van der Waals surface area contributed by atoms with Crippen molar-refractivity contribution in [3.05, 3.63) is 30.3 Å². The maximum absolute atomic E-state index is 5.14. The summed E-state index contributed by atoms with van der Waals surface area (Å²) in [6.45, 7) is 5.90. The van der Waals surface area contributed by atoms with E-state index in [9.17, 15) is 0 Å². The third-order valence-electron chi connectivity index (χ3n) is 1.96. The molecule has 2 nitrogen and oxygen atoms in total. The standard InChI is InChI=1S/C11H15NO/c1-8(2)10-7-9(13-4)5-6-11(10)12-3/h5-7,12H,1H2,2-4H3. The van der Waals surface area contributed by atoms with Crippen LogP contribution in [-0.2, 0) is 0 Å². The van der Waals surface area contributed by atoms with E-state index in [4.69, 9.17) is 4.74 Å². The summed E-state index contributed by atoms with van der Waals surface area (Å²) in [4.78, 5) is 0. The first-order chi connectivity index (χ1) is 6.19. The van der Waals surface area contributed by atoms with Crippen molar-refractivity contribution in [2.45, 2.75) is 6.92 Å². The second-order valence-electron chi connectivity index (χ2n) is 2.94. The first kappa shape index (κ1) is 9.65. The Hall–Kier alpha value is -1.44. The van der Waals surface area contributed by atoms with Crippen LogP contribution in [-0.4, -0.2) is 14.2 Å². The summed E-state index contributed by atoms with van der Waals surface area (Å²) in [5, 5.41) is 3.11. The van der Waals surface area contributed by atoms with Gasteiger partial charge in [0, 0.05) is 18.3 Å². The fraction of sp³-hybridized carbons (Fsp3) is 0.273. The lowest BCUT2D eigenvalue weighted by Gasteiger charge is -2.10. The van der Waals surface area contributed by atoms with Crippen LogP contribution < -0.4 is 10.1 Å². The van der Waals surface area contributed by atoms with Gasteiger partial charge in [0.1, 0.15) is 5.75 Å². The van der Waals surface area contributed by atoms with Crippen LogP contribution >= 0.6 is 0 Å². The van der Waals surface area contributed by atoms with Crippen LogP contribution in [0.1, 0.15) is 12.5 Å². The van der Waals surface area contributed by atoms with E-state index in [-0.39, 0.29) is 0 Å². The highest BCUT2D eigenvalue weighted by atomic mass is 16.5. The van der Waals surface area contributed by atoms with Crippen LogP contribution in [0.25, 0.3) is 5.57 Å². The summed E-state index contributed by atoms with van der Waals surface area (Å²) in [5.41, 5.74) is 3.21. The highest BCUT2D eigenvalue weighted by Gasteiger charge is 2.02. The Morgan fingerprint density at radius 3 is 2.62 bits per heavy atom. The van der Waals surface area contributed by atoms with Gasteiger partial charge < -0.3 is 10.1 Å². The van der Waals surface area contributed by atoms with Crippen molar-refractivity contribution in [2.24, 2.45) is 0 Å². The molecule has 13 heavy (non-hydrogen) atoms. The Kier molecular flexibility index (Phi) is 2.96. The number of methoxy groups -OCH3 is 1. The lowest BCUT2D eigenvalue weighted by Crippen LogP contribution is -1.94. The number of benzene rings is 1. The van der Waals surface area contributed by atoms with E-state index in [1.165, 1.54) is 0 Å². The van der Waals surface area contributed by atoms with Gasteiger partial charge in [-0.25, -0.2) is 0 Å². The zero-order chi connectivity index (χ0) is 9.84. The van der Waals surface area contributed by atoms with Crippen molar-refractivity contribution in [2.75, 3.05) is 19.5 Å². The van der Waals surface area contributed by atoms with Crippen LogP contribution in [0.3, 0.4) is 0 Å². The average Bonchev–Trinajstić information content (AvgIpc) is 2.16. The second kappa shape index (κ2) is 3.99. The lowest BCUT2D eigenvalue weighted by atomic mass is 10.1. The number of allylic oxidation sites excluding steroid dienone is 1. The fourth-order valence-corrected chi connectivity index (χ4v) is 1.22. The first-order valence-corrected chi connectivity index (χ1v) is 4.20. The van der Waals surface area contributed by atoms with Gasteiger partial charge >= 0.3 is 0 Å². The van der Waals surface area contributed by atoms with Crippen molar-refractivity contribution >= 4 is 11.3 Å². The third-order valence-corrected chi connectivity index (χ3v) is 1.96. The van der Waals surface area contributed by atoms with Gasteiger partial charge in [-0.2, -0.15) is 0 Å². The molecule has 1 aromatic rings. The number of rotatable bonds is 3. The largest absolute Gasteiger partial charge is 0.497 e. The summed E-state index contributed by atoms with van der Waals surface area (Å²) in [6, 6.07) is 5.90. The van der Waals surface area contributed by atoms with Gasteiger partial charge in [-0.3, -0.25) is 0 Å². The predicted molar refractivity (Wildman–Crippen MR) is 57.2 cm³/mol. The van der Waals surface area contributed by atoms with Gasteiger partial charge in [0.25, 0.3) is 0 Å². The zero-order valence-corrected chi connectivity index (χ0v) is 8.35. The molecule has 0 aliphatic carbocycles. The number of hydrogen-bond donors (Lipinski definition) is 1. The van der Waals surface area contributed by atoms with E-state index in [2.05, 4.69) is 11.9 Å². The Balaban J connectivity index is 3.18. The molecule has 0 aliphatic heterocycles. The molecule has 0 saturated heterocycles. The van der Waals surface area contributed by atoms with E-state index in [0.29, 0.717) is 0 Å². The van der Waals surface area contributed by atoms with Crippen molar-refractivity contribution in [3.63, 3.8) is 0 Å². The summed E-state index contributed by atoms with van der Waals surface area (Å²) in [7, 11) is 3.56. The molecular weight excluding hydrogens is 162 g/mol. The minimum absolute atomic E-state index is 0.858. The Bertz CT molecular complexity index is 318. The van der Waals surface area contributed by atoms with Crippen molar-refractivity contribution in [1.82, 2.24) is 0 Å². The molecule has 0 fully saturated rings. The minimum Gasteiger partial charge on any atom is -0.497 e. The van der Waals surface area contributed by atoms with Gasteiger partial charge in [0.2, 0.25) is 0 Å². The average molecular weight is 177 g/mol. The van der Waals surface area contributed by atoms with E-state index >= 15 is 0 Å². The summed E-state index contributed by atoms with van der Waals surface area (Å²) in [5.74, 6) is 0.858. The maximum Gasteiger partial charge on any atom is 0.119 e. The van der Waals surface area contributed by atoms with Gasteiger partial charge in [0.15, 0.2) is 0 Å². The second-order valence-corrected chi connectivity index (χ2v) is 2.94. The van der Waals surface area contributed by atoms with Crippen LogP contribution in [0, 0.1) is 0 Å². The van der Waals surface area contributed by atoms with Gasteiger partial charge in [-0.05, 0) is 30.7 Å². The molecule has 0 saturated carbocycles. The molecule has 0 amide bonds. The topological polar surface area (TPSA) is 21.3 Å². The quantitative estimate of drug-likeness (QED) is 0.766. The molecular formula is C11H15NO. The number of ether oxygens (including phenoxy) is 1. The molecule has 0 spiro atoms. The molecule has 70 valence electrons. The predicted octanol–water partition coefficient (Wildman–Crippen LogP) is 2.77. The Morgan fingerprint density at radius 1 is 1.46 bits per heavy atom. The smallest absolute Gasteiger partial charge is 0.119 e. The molecule has 0 bridgehead atoms. The third kappa shape index (κ3) is 2.02. The molecule has 1 N–H and O–H groups in total. The molecule has 0 aromatic heterocycles. The summed E-state index contributed by atoms with van der Waals surface area (Å²) < 4.78 is 5.14. The van der Waals surface area contributed by atoms with Crippen molar-refractivity contribution < 1.29 is 4.74 Å². The van der Waals surface area contributed by atoms with E-state index in [0.717, 1.165) is 22.6 Å². The lowest BCUT2D eigenvalue weighted by molar-refractivity contribution is 0.414. The Labute approximate surface area is 79.2 Å². The Morgan fingerprint density at radius 2 is 2.15 bits per heavy atom. The molecule has 0 atom stereocenters. The number of hydrogen-bond acceptors (Lipinski definition) is 2. The number of anilines is 1. The molecule has 1 aromatic carbocycles. The highest BCUT2D eigenvalue weighted by molar-refractivity contribution is 5.74. The van der Waals surface area contributed by atoms with Crippen molar-refractivity contribution in [3.8, 4) is 5.75 Å². The normalized spacial score (nSPS) is 9.46. The molecule has 0 unspecified atom stereocenters. The van der Waals surface area contributed by atoms with Crippen LogP contribution in [0.5, 0.6) is 5.75 Å². The summed E-state index contributed by atoms with van der Waals surface area (Å²) in [6.07, 6.45) is 0. The molecule has 1 rings (SSSR count). The minimum atomic E-state index is 0.858. The highest BCUT2D eigenvalue weighted by Crippen LogP contribution is 2.26. The van der Waals surface area contributed by atoms with E-state index < -0.39 is 0 Å². The van der Waals surface area contributed by atoms with Gasteiger partial charge in [0.05, 0.1) is 7.11 Å². The van der Waals surface area contributed by atoms with Gasteiger partial charge in [-0.1, -0.05) is 6.58 Å². The van der Waals surface area contributed by atoms with Crippen LogP contribution in [0.4, 0.5) is 5.69 Å². The molecule has 0 heterocycles. The SMILES string of the molecule is C=C(C)c1cc(OC)ccc1NC. The van der Waals surface area contributed by atoms with Crippen LogP contribution in [0.2, 0.25) is 0 Å².